The van der Waals surface area contributed by atoms with Crippen molar-refractivity contribution in [3.63, 3.8) is 0 Å². The molecular formula is C17H22O2S. The third kappa shape index (κ3) is 2.88. The molecule has 2 fully saturated rings. The molecule has 3 rings (SSSR count). The van der Waals surface area contributed by atoms with Crippen LogP contribution in [0.25, 0.3) is 0 Å². The van der Waals surface area contributed by atoms with Gasteiger partial charge in [-0.05, 0) is 44.7 Å². The number of ketones is 1. The lowest BCUT2D eigenvalue weighted by atomic mass is 9.84. The molecular weight excluding hydrogens is 268 g/mol. The maximum absolute atomic E-state index is 12.8. The monoisotopic (exact) mass is 290 g/mol. The van der Waals surface area contributed by atoms with Crippen molar-refractivity contribution in [2.24, 2.45) is 5.92 Å². The first kappa shape index (κ1) is 14.0. The minimum atomic E-state index is 0.202. The Balaban J connectivity index is 1.78. The number of ether oxygens (including phenoxy) is 1. The van der Waals surface area contributed by atoms with Gasteiger partial charge in [0.15, 0.2) is 5.78 Å². The number of thioether (sulfide) groups is 1. The lowest BCUT2D eigenvalue weighted by Gasteiger charge is -2.38. The van der Waals surface area contributed by atoms with E-state index in [9.17, 15) is 4.79 Å². The smallest absolute Gasteiger partial charge is 0.169 e. The van der Waals surface area contributed by atoms with Crippen molar-refractivity contribution < 1.29 is 9.53 Å². The normalized spacial score (nSPS) is 28.9. The van der Waals surface area contributed by atoms with Gasteiger partial charge in [0.2, 0.25) is 0 Å². The van der Waals surface area contributed by atoms with Crippen LogP contribution in [0, 0.1) is 5.92 Å². The maximum atomic E-state index is 12.8. The summed E-state index contributed by atoms with van der Waals surface area (Å²) in [6, 6.07) is 7.71. The highest BCUT2D eigenvalue weighted by atomic mass is 32.2. The van der Waals surface area contributed by atoms with Gasteiger partial charge < -0.3 is 4.74 Å². The van der Waals surface area contributed by atoms with Gasteiger partial charge in [0.25, 0.3) is 0 Å². The molecule has 20 heavy (non-hydrogen) atoms. The van der Waals surface area contributed by atoms with E-state index < -0.39 is 0 Å². The Hall–Kier alpha value is -0.960. The van der Waals surface area contributed by atoms with E-state index >= 15 is 0 Å². The Labute approximate surface area is 125 Å². The number of carbonyl (C=O) groups is 1. The fourth-order valence-corrected chi connectivity index (χ4v) is 5.28. The zero-order valence-electron chi connectivity index (χ0n) is 12.0. The van der Waals surface area contributed by atoms with E-state index in [0.717, 1.165) is 24.2 Å². The van der Waals surface area contributed by atoms with Crippen molar-refractivity contribution in [1.29, 1.82) is 0 Å². The summed E-state index contributed by atoms with van der Waals surface area (Å²) in [5, 5.41) is 1.41. The summed E-state index contributed by atoms with van der Waals surface area (Å²) in [7, 11) is 0. The molecule has 2 heterocycles. The van der Waals surface area contributed by atoms with Gasteiger partial charge in [-0.25, -0.2) is 0 Å². The molecule has 3 heteroatoms. The molecule has 0 saturated carbocycles. The first-order valence-corrected chi connectivity index (χ1v) is 8.63. The predicted molar refractivity (Wildman–Crippen MR) is 83.7 cm³/mol. The van der Waals surface area contributed by atoms with Crippen LogP contribution in [-0.4, -0.2) is 22.9 Å². The lowest BCUT2D eigenvalue weighted by molar-refractivity contribution is 0.0893. The number of benzene rings is 1. The zero-order valence-corrected chi connectivity index (χ0v) is 12.8. The van der Waals surface area contributed by atoms with Crippen LogP contribution in [0.4, 0.5) is 0 Å². The number of Topliss-reactive ketones (excluding diaryl/α,β-unsaturated/α-hetero) is 1. The van der Waals surface area contributed by atoms with Gasteiger partial charge in [-0.3, -0.25) is 4.79 Å². The topological polar surface area (TPSA) is 26.3 Å². The first-order valence-electron chi connectivity index (χ1n) is 7.69. The quantitative estimate of drug-likeness (QED) is 0.772. The van der Waals surface area contributed by atoms with E-state index in [0.29, 0.717) is 22.9 Å². The Morgan fingerprint density at radius 1 is 1.25 bits per heavy atom. The van der Waals surface area contributed by atoms with E-state index in [4.69, 9.17) is 4.74 Å². The molecule has 0 N–H and O–H groups in total. The number of para-hydroxylation sites is 1. The third-order valence-corrected chi connectivity index (χ3v) is 5.98. The number of carbonyl (C=O) groups excluding carboxylic acids is 1. The Bertz CT molecular complexity index is 474. The van der Waals surface area contributed by atoms with Crippen molar-refractivity contribution in [3.8, 4) is 5.75 Å². The molecule has 1 aromatic rings. The van der Waals surface area contributed by atoms with Gasteiger partial charge in [-0.2, -0.15) is 11.8 Å². The number of hydrogen-bond acceptors (Lipinski definition) is 3. The van der Waals surface area contributed by atoms with Gasteiger partial charge in [0.1, 0.15) is 5.75 Å². The van der Waals surface area contributed by atoms with Crippen LogP contribution in [0.2, 0.25) is 0 Å². The highest BCUT2D eigenvalue weighted by Gasteiger charge is 2.36. The van der Waals surface area contributed by atoms with Crippen LogP contribution >= 0.6 is 11.8 Å². The number of rotatable bonds is 4. The van der Waals surface area contributed by atoms with Gasteiger partial charge in [0, 0.05) is 16.4 Å². The standard InChI is InChI=1S/C17H22O2S/c1-2-19-16-9-4-3-8-15(16)17(18)12-10-13-6-5-7-14(11-12)20-13/h3-4,8-9,12-14H,2,5-7,10-11H2,1H3. The van der Waals surface area contributed by atoms with E-state index in [1.54, 1.807) is 0 Å². The second-order valence-corrected chi connectivity index (χ2v) is 7.38. The molecule has 0 aliphatic carbocycles. The average molecular weight is 290 g/mol. The summed E-state index contributed by atoms with van der Waals surface area (Å²) >= 11 is 2.12. The van der Waals surface area contributed by atoms with E-state index in [1.807, 2.05) is 31.2 Å². The highest BCUT2D eigenvalue weighted by Crippen LogP contribution is 2.45. The number of hydrogen-bond donors (Lipinski definition) is 0. The van der Waals surface area contributed by atoms with Crippen LogP contribution in [0.5, 0.6) is 5.75 Å². The first-order chi connectivity index (χ1) is 9.78. The number of fused-ring (bicyclic) bond motifs is 2. The molecule has 2 bridgehead atoms. The van der Waals surface area contributed by atoms with Crippen LogP contribution in [0.1, 0.15) is 49.4 Å². The third-order valence-electron chi connectivity index (χ3n) is 4.36. The van der Waals surface area contributed by atoms with Crippen LogP contribution in [0.3, 0.4) is 0 Å². The van der Waals surface area contributed by atoms with Crippen LogP contribution in [-0.2, 0) is 0 Å². The molecule has 0 aromatic heterocycles. The van der Waals surface area contributed by atoms with E-state index in [2.05, 4.69) is 11.8 Å². The molecule has 0 amide bonds. The Morgan fingerprint density at radius 2 is 1.95 bits per heavy atom. The second kappa shape index (κ2) is 6.21. The summed E-state index contributed by atoms with van der Waals surface area (Å²) in [5.41, 5.74) is 0.782. The fourth-order valence-electron chi connectivity index (χ4n) is 3.44. The molecule has 2 aliphatic heterocycles. The molecule has 2 atom stereocenters. The molecule has 2 nitrogen and oxygen atoms in total. The molecule has 0 radical (unpaired) electrons. The minimum absolute atomic E-state index is 0.202. The van der Waals surface area contributed by atoms with Crippen molar-refractivity contribution in [1.82, 2.24) is 0 Å². The molecule has 108 valence electrons. The van der Waals surface area contributed by atoms with Crippen molar-refractivity contribution in [2.75, 3.05) is 6.61 Å². The summed E-state index contributed by atoms with van der Waals surface area (Å²) in [6.45, 7) is 2.57. The Kier molecular flexibility index (Phi) is 4.35. The molecule has 1 aromatic carbocycles. The van der Waals surface area contributed by atoms with Crippen molar-refractivity contribution >= 4 is 17.5 Å². The van der Waals surface area contributed by atoms with Gasteiger partial charge in [-0.1, -0.05) is 18.6 Å². The van der Waals surface area contributed by atoms with Gasteiger partial charge in [0.05, 0.1) is 12.2 Å². The summed E-state index contributed by atoms with van der Waals surface area (Å²) in [4.78, 5) is 12.8. The molecule has 2 saturated heterocycles. The average Bonchev–Trinajstić information content (AvgIpc) is 2.47. The Morgan fingerprint density at radius 3 is 2.65 bits per heavy atom. The van der Waals surface area contributed by atoms with Crippen molar-refractivity contribution in [3.05, 3.63) is 29.8 Å². The van der Waals surface area contributed by atoms with Crippen LogP contribution < -0.4 is 4.74 Å². The van der Waals surface area contributed by atoms with Gasteiger partial charge >= 0.3 is 0 Å². The second-order valence-electron chi connectivity index (χ2n) is 5.77. The van der Waals surface area contributed by atoms with Crippen LogP contribution in [0.15, 0.2) is 24.3 Å². The van der Waals surface area contributed by atoms with E-state index in [-0.39, 0.29) is 5.92 Å². The van der Waals surface area contributed by atoms with E-state index in [1.165, 1.54) is 19.3 Å². The zero-order chi connectivity index (χ0) is 13.9. The maximum Gasteiger partial charge on any atom is 0.169 e. The summed E-state index contributed by atoms with van der Waals surface area (Å²) < 4.78 is 5.62. The molecule has 2 unspecified atom stereocenters. The largest absolute Gasteiger partial charge is 0.493 e. The van der Waals surface area contributed by atoms with Gasteiger partial charge in [-0.15, -0.1) is 0 Å². The summed E-state index contributed by atoms with van der Waals surface area (Å²) in [5.74, 6) is 1.25. The molecule has 2 aliphatic rings. The lowest BCUT2D eigenvalue weighted by Crippen LogP contribution is -2.33. The SMILES string of the molecule is CCOc1ccccc1C(=O)C1CC2CCCC(C1)S2. The minimum Gasteiger partial charge on any atom is -0.493 e. The fraction of sp³-hybridized carbons (Fsp3) is 0.588. The predicted octanol–water partition coefficient (Wildman–Crippen LogP) is 4.33. The summed E-state index contributed by atoms with van der Waals surface area (Å²) in [6.07, 6.45) is 6.04. The highest BCUT2D eigenvalue weighted by molar-refractivity contribution is 8.00. The molecule has 0 spiro atoms. The van der Waals surface area contributed by atoms with Crippen molar-refractivity contribution in [2.45, 2.75) is 49.5 Å².